The fourth-order valence-corrected chi connectivity index (χ4v) is 4.15. The third-order valence-corrected chi connectivity index (χ3v) is 5.64. The number of carbonyl (C=O) groups is 1. The van der Waals surface area contributed by atoms with Gasteiger partial charge in [-0.05, 0) is 56.1 Å². The zero-order valence-electron chi connectivity index (χ0n) is 17.1. The van der Waals surface area contributed by atoms with E-state index in [2.05, 4.69) is 20.4 Å². The van der Waals surface area contributed by atoms with E-state index in [4.69, 9.17) is 0 Å². The van der Waals surface area contributed by atoms with Gasteiger partial charge in [0.25, 0.3) is 0 Å². The number of Topliss-reactive ketones (excluding diaryl/α,β-unsaturated/α-hetero) is 1. The molecule has 2 fully saturated rings. The molecule has 2 N–H and O–H groups in total. The minimum atomic E-state index is -4.46. The molecule has 2 heterocycles. The van der Waals surface area contributed by atoms with Gasteiger partial charge in [-0.25, -0.2) is 0 Å². The molecule has 0 aliphatic carbocycles. The van der Waals surface area contributed by atoms with Crippen LogP contribution < -0.4 is 15.5 Å². The van der Waals surface area contributed by atoms with Crippen molar-refractivity contribution in [1.29, 1.82) is 0 Å². The van der Waals surface area contributed by atoms with E-state index in [1.807, 2.05) is 19.1 Å². The second-order valence-corrected chi connectivity index (χ2v) is 8.01. The summed E-state index contributed by atoms with van der Waals surface area (Å²) in [4.78, 5) is 16.6. The van der Waals surface area contributed by atoms with Crippen molar-refractivity contribution in [2.24, 2.45) is 0 Å². The Labute approximate surface area is 170 Å². The van der Waals surface area contributed by atoms with E-state index in [0.29, 0.717) is 5.56 Å². The van der Waals surface area contributed by atoms with Gasteiger partial charge in [-0.15, -0.1) is 0 Å². The molecule has 0 amide bonds. The molecular weight excluding hydrogens is 381 g/mol. The van der Waals surface area contributed by atoms with E-state index in [1.165, 1.54) is 12.8 Å². The van der Waals surface area contributed by atoms with Gasteiger partial charge in [0.05, 0.1) is 0 Å². The van der Waals surface area contributed by atoms with Gasteiger partial charge in [-0.1, -0.05) is 0 Å². The number of halogens is 3. The zero-order valence-corrected chi connectivity index (χ0v) is 17.1. The molecule has 29 heavy (non-hydrogen) atoms. The maximum atomic E-state index is 12.6. The van der Waals surface area contributed by atoms with Crippen molar-refractivity contribution in [3.63, 3.8) is 0 Å². The minimum absolute atomic E-state index is 0.195. The van der Waals surface area contributed by atoms with E-state index in [1.54, 1.807) is 0 Å². The van der Waals surface area contributed by atoms with Gasteiger partial charge in [0.1, 0.15) is 12.2 Å². The maximum Gasteiger partial charge on any atom is 0.395 e. The van der Waals surface area contributed by atoms with Crippen molar-refractivity contribution in [3.05, 3.63) is 23.3 Å². The molecule has 162 valence electrons. The van der Waals surface area contributed by atoms with Gasteiger partial charge in [-0.3, -0.25) is 4.79 Å². The van der Waals surface area contributed by atoms with Gasteiger partial charge >= 0.3 is 6.18 Å². The monoisotopic (exact) mass is 412 g/mol. The Hall–Kier alpha value is -1.80. The fourth-order valence-electron chi connectivity index (χ4n) is 4.15. The van der Waals surface area contributed by atoms with E-state index in [9.17, 15) is 18.0 Å². The Morgan fingerprint density at radius 1 is 1.14 bits per heavy atom. The average Bonchev–Trinajstić information content (AvgIpc) is 3.16. The Kier molecular flexibility index (Phi) is 7.40. The molecule has 1 aromatic rings. The number of rotatable bonds is 8. The van der Waals surface area contributed by atoms with Crippen LogP contribution in [0.3, 0.4) is 0 Å². The van der Waals surface area contributed by atoms with Crippen molar-refractivity contribution >= 4 is 17.2 Å². The number of nitrogens with one attached hydrogen (secondary N) is 2. The summed E-state index contributed by atoms with van der Waals surface area (Å²) >= 11 is 0. The molecule has 0 atom stereocenters. The fraction of sp³-hybridized carbons (Fsp3) is 0.667. The molecule has 0 saturated carbocycles. The molecule has 0 aromatic heterocycles. The number of benzene rings is 1. The van der Waals surface area contributed by atoms with Gasteiger partial charge in [0.2, 0.25) is 0 Å². The lowest BCUT2D eigenvalue weighted by molar-refractivity contribution is -0.151. The van der Waals surface area contributed by atoms with Gasteiger partial charge in [-0.2, -0.15) is 13.2 Å². The first-order chi connectivity index (χ1) is 13.8. The summed E-state index contributed by atoms with van der Waals surface area (Å²) in [7, 11) is 0. The van der Waals surface area contributed by atoms with Crippen molar-refractivity contribution in [2.45, 2.75) is 38.8 Å². The van der Waals surface area contributed by atoms with Crippen LogP contribution in [-0.2, 0) is 11.2 Å². The van der Waals surface area contributed by atoms with Crippen LogP contribution in [0, 0.1) is 6.92 Å². The Morgan fingerprint density at radius 3 is 2.48 bits per heavy atom. The Bertz CT molecular complexity index is 696. The number of alkyl halides is 3. The lowest BCUT2D eigenvalue weighted by Gasteiger charge is -2.32. The van der Waals surface area contributed by atoms with Crippen molar-refractivity contribution in [3.8, 4) is 0 Å². The molecular formula is C21H31F3N4O. The van der Waals surface area contributed by atoms with E-state index in [-0.39, 0.29) is 6.42 Å². The van der Waals surface area contributed by atoms with Crippen LogP contribution in [0.2, 0.25) is 0 Å². The quantitative estimate of drug-likeness (QED) is 0.688. The predicted octanol–water partition coefficient (Wildman–Crippen LogP) is 2.98. The van der Waals surface area contributed by atoms with Gasteiger partial charge < -0.3 is 20.4 Å². The second-order valence-electron chi connectivity index (χ2n) is 8.01. The Balaban J connectivity index is 1.75. The lowest BCUT2D eigenvalue weighted by atomic mass is 10.0. The molecule has 0 bridgehead atoms. The number of ketones is 1. The minimum Gasteiger partial charge on any atom is -0.383 e. The topological polar surface area (TPSA) is 47.6 Å². The summed E-state index contributed by atoms with van der Waals surface area (Å²) in [5.74, 6) is -0.796. The van der Waals surface area contributed by atoms with E-state index >= 15 is 0 Å². The zero-order chi connectivity index (χ0) is 20.9. The van der Waals surface area contributed by atoms with Crippen LogP contribution in [0.15, 0.2) is 12.1 Å². The van der Waals surface area contributed by atoms with Crippen LogP contribution in [0.5, 0.6) is 0 Å². The molecule has 5 nitrogen and oxygen atoms in total. The summed E-state index contributed by atoms with van der Waals surface area (Å²) in [5, 5.41) is 6.78. The average molecular weight is 413 g/mol. The number of likely N-dealkylation sites (tertiary alicyclic amines) is 1. The standard InChI is InChI=1S/C21H31F3N4O/c1-16-19(26-6-9-27-7-2-3-8-27)13-17(12-18(29)15-21(22,23)24)14-20(16)28-10-4-25-5-11-28/h13-14,25-26H,2-12,15H2,1H3. The molecule has 8 heteroatoms. The summed E-state index contributed by atoms with van der Waals surface area (Å²) in [6.07, 6.45) is -3.55. The first kappa shape index (κ1) is 21.9. The summed E-state index contributed by atoms with van der Waals surface area (Å²) in [6.45, 7) is 9.43. The highest BCUT2D eigenvalue weighted by atomic mass is 19.4. The number of carbonyl (C=O) groups excluding carboxylic acids is 1. The molecule has 2 aliphatic rings. The smallest absolute Gasteiger partial charge is 0.383 e. The van der Waals surface area contributed by atoms with Gasteiger partial charge in [0.15, 0.2) is 0 Å². The molecule has 2 saturated heterocycles. The van der Waals surface area contributed by atoms with Gasteiger partial charge in [0, 0.05) is 57.1 Å². The summed E-state index contributed by atoms with van der Waals surface area (Å²) in [5.41, 5.74) is 3.64. The first-order valence-electron chi connectivity index (χ1n) is 10.5. The lowest BCUT2D eigenvalue weighted by Crippen LogP contribution is -2.43. The normalized spacial score (nSPS) is 18.3. The van der Waals surface area contributed by atoms with E-state index in [0.717, 1.165) is 69.3 Å². The van der Waals surface area contributed by atoms with Crippen LogP contribution in [0.4, 0.5) is 24.5 Å². The highest BCUT2D eigenvalue weighted by Gasteiger charge is 2.31. The third-order valence-electron chi connectivity index (χ3n) is 5.64. The first-order valence-corrected chi connectivity index (χ1v) is 10.5. The SMILES string of the molecule is Cc1c(NCCN2CCCC2)cc(CC(=O)CC(F)(F)F)cc1N1CCNCC1. The van der Waals surface area contributed by atoms with Crippen LogP contribution in [0.1, 0.15) is 30.4 Å². The van der Waals surface area contributed by atoms with Crippen LogP contribution in [0.25, 0.3) is 0 Å². The molecule has 3 rings (SSSR count). The molecule has 0 radical (unpaired) electrons. The summed E-state index contributed by atoms with van der Waals surface area (Å²) < 4.78 is 37.8. The number of piperazine rings is 1. The molecule has 0 unspecified atom stereocenters. The maximum absolute atomic E-state index is 12.6. The summed E-state index contributed by atoms with van der Waals surface area (Å²) in [6, 6.07) is 3.74. The molecule has 1 aromatic carbocycles. The highest BCUT2D eigenvalue weighted by Crippen LogP contribution is 2.30. The molecule has 2 aliphatic heterocycles. The van der Waals surface area contributed by atoms with Crippen LogP contribution >= 0.6 is 0 Å². The van der Waals surface area contributed by atoms with Crippen molar-refractivity contribution in [1.82, 2.24) is 10.2 Å². The Morgan fingerprint density at radius 2 is 1.83 bits per heavy atom. The number of hydrogen-bond donors (Lipinski definition) is 2. The van der Waals surface area contributed by atoms with E-state index < -0.39 is 18.4 Å². The number of nitrogens with zero attached hydrogens (tertiary/aromatic N) is 2. The predicted molar refractivity (Wildman–Crippen MR) is 110 cm³/mol. The highest BCUT2D eigenvalue weighted by molar-refractivity contribution is 5.82. The van der Waals surface area contributed by atoms with Crippen molar-refractivity contribution < 1.29 is 18.0 Å². The molecule has 0 spiro atoms. The van der Waals surface area contributed by atoms with Crippen molar-refractivity contribution in [2.75, 3.05) is 62.6 Å². The number of anilines is 2. The largest absolute Gasteiger partial charge is 0.395 e. The third kappa shape index (κ3) is 6.60. The number of hydrogen-bond acceptors (Lipinski definition) is 5. The van der Waals surface area contributed by atoms with Crippen LogP contribution in [-0.4, -0.2) is 69.2 Å². The second kappa shape index (κ2) is 9.80.